The Morgan fingerprint density at radius 3 is 2.63 bits per heavy atom. The van der Waals surface area contributed by atoms with Crippen LogP contribution in [0.25, 0.3) is 0 Å². The van der Waals surface area contributed by atoms with Crippen molar-refractivity contribution in [3.05, 3.63) is 45.3 Å². The number of nitrogens with one attached hydrogen (secondary N) is 2. The lowest BCUT2D eigenvalue weighted by atomic mass is 10.1. The van der Waals surface area contributed by atoms with Gasteiger partial charge in [0, 0.05) is 29.2 Å². The van der Waals surface area contributed by atoms with Gasteiger partial charge < -0.3 is 16.4 Å². The zero-order valence-corrected chi connectivity index (χ0v) is 17.1. The summed E-state index contributed by atoms with van der Waals surface area (Å²) in [6.07, 6.45) is 2.69. The normalized spacial score (nSPS) is 13.6. The van der Waals surface area contributed by atoms with E-state index in [1.54, 1.807) is 35.6 Å². The predicted octanol–water partition coefficient (Wildman–Crippen LogP) is 3.57. The molecule has 0 atom stereocenters. The monoisotopic (exact) mass is 408 g/mol. The van der Waals surface area contributed by atoms with E-state index >= 15 is 0 Å². The molecule has 1 aromatic carbocycles. The molecule has 0 fully saturated rings. The van der Waals surface area contributed by atoms with Crippen LogP contribution in [-0.2, 0) is 17.8 Å². The third kappa shape index (κ3) is 5.69. The third-order valence-corrected chi connectivity index (χ3v) is 5.84. The summed E-state index contributed by atoms with van der Waals surface area (Å²) < 4.78 is 0. The van der Waals surface area contributed by atoms with Crippen LogP contribution in [0.3, 0.4) is 0 Å². The first-order chi connectivity index (χ1) is 13.0. The lowest BCUT2D eigenvalue weighted by Gasteiger charge is -2.16. The fourth-order valence-corrected chi connectivity index (χ4v) is 4.36. The van der Waals surface area contributed by atoms with Crippen LogP contribution in [0.4, 0.5) is 10.7 Å². The lowest BCUT2D eigenvalue weighted by Crippen LogP contribution is -2.22. The van der Waals surface area contributed by atoms with Gasteiger partial charge in [0.2, 0.25) is 6.41 Å². The van der Waals surface area contributed by atoms with Crippen LogP contribution in [0, 0.1) is 0 Å². The summed E-state index contributed by atoms with van der Waals surface area (Å²) in [6.45, 7) is 5.27. The number of amides is 2. The highest BCUT2D eigenvalue weighted by molar-refractivity contribution is 7.16. The van der Waals surface area contributed by atoms with E-state index in [4.69, 9.17) is 17.3 Å². The summed E-state index contributed by atoms with van der Waals surface area (Å²) in [5, 5.41) is 7.16. The van der Waals surface area contributed by atoms with E-state index in [2.05, 4.69) is 22.5 Å². The number of nitrogens with two attached hydrogens (primary N) is 1. The molecule has 2 aromatic rings. The number of rotatable bonds is 5. The summed E-state index contributed by atoms with van der Waals surface area (Å²) in [5.41, 5.74) is 8.12. The molecule has 4 N–H and O–H groups in total. The number of carbonyl (C=O) groups excluding carboxylic acids is 2. The standard InChI is InChI=1S/C12H19N3OS.C7H6ClNO/c1-3-15-6-4-5-8-9(7-15)17-12(14-2)10(8)11(13)16;8-6-1-3-7(4-2-6)9-5-10/h14H,3-7H2,1-2H3,(H2,13,16);1-5H,(H,9,10). The smallest absolute Gasteiger partial charge is 0.251 e. The Balaban J connectivity index is 0.000000223. The Hall–Kier alpha value is -2.09. The molecular weight excluding hydrogens is 384 g/mol. The van der Waals surface area contributed by atoms with E-state index in [1.807, 2.05) is 7.05 Å². The molecule has 6 nitrogen and oxygen atoms in total. The zero-order chi connectivity index (χ0) is 19.8. The SMILES string of the molecule is CCN1CCCc2c(sc(NC)c2C(N)=O)C1.O=CNc1ccc(Cl)cc1. The average Bonchev–Trinajstić information content (AvgIpc) is 2.89. The molecule has 1 aromatic heterocycles. The van der Waals surface area contributed by atoms with Gasteiger partial charge in [0.25, 0.3) is 5.91 Å². The molecule has 0 aliphatic carbocycles. The van der Waals surface area contributed by atoms with Gasteiger partial charge in [-0.05, 0) is 55.8 Å². The fourth-order valence-electron chi connectivity index (χ4n) is 2.99. The molecule has 8 heteroatoms. The number of carbonyl (C=O) groups is 2. The third-order valence-electron chi connectivity index (χ3n) is 4.35. The van der Waals surface area contributed by atoms with Crippen LogP contribution >= 0.6 is 22.9 Å². The molecule has 27 heavy (non-hydrogen) atoms. The summed E-state index contributed by atoms with van der Waals surface area (Å²) >= 11 is 7.26. The van der Waals surface area contributed by atoms with E-state index in [0.717, 1.165) is 43.2 Å². The number of halogens is 1. The first kappa shape index (κ1) is 21.2. The quantitative estimate of drug-likeness (QED) is 0.660. The summed E-state index contributed by atoms with van der Waals surface area (Å²) in [6, 6.07) is 6.90. The maximum Gasteiger partial charge on any atom is 0.251 e. The highest BCUT2D eigenvalue weighted by Gasteiger charge is 2.24. The van der Waals surface area contributed by atoms with Gasteiger partial charge in [0.1, 0.15) is 5.00 Å². The van der Waals surface area contributed by atoms with Gasteiger partial charge in [0.05, 0.1) is 5.56 Å². The molecule has 2 amide bonds. The molecule has 0 radical (unpaired) electrons. The van der Waals surface area contributed by atoms with Crippen molar-refractivity contribution >= 4 is 45.9 Å². The van der Waals surface area contributed by atoms with Crippen LogP contribution in [-0.4, -0.2) is 37.4 Å². The van der Waals surface area contributed by atoms with Gasteiger partial charge in [-0.1, -0.05) is 18.5 Å². The summed E-state index contributed by atoms with van der Waals surface area (Å²) in [4.78, 5) is 25.2. The lowest BCUT2D eigenvalue weighted by molar-refractivity contribution is -0.105. The Bertz CT molecular complexity index is 777. The van der Waals surface area contributed by atoms with Gasteiger partial charge in [-0.25, -0.2) is 0 Å². The number of nitrogens with zero attached hydrogens (tertiary/aromatic N) is 1. The van der Waals surface area contributed by atoms with Crippen LogP contribution < -0.4 is 16.4 Å². The Kier molecular flexibility index (Phi) is 8.09. The molecule has 146 valence electrons. The van der Waals surface area contributed by atoms with E-state index in [0.29, 0.717) is 17.0 Å². The molecule has 0 saturated heterocycles. The van der Waals surface area contributed by atoms with E-state index in [1.165, 1.54) is 10.4 Å². The highest BCUT2D eigenvalue weighted by atomic mass is 35.5. The minimum atomic E-state index is -0.309. The van der Waals surface area contributed by atoms with Crippen molar-refractivity contribution < 1.29 is 9.59 Å². The van der Waals surface area contributed by atoms with Gasteiger partial charge in [-0.15, -0.1) is 11.3 Å². The largest absolute Gasteiger partial charge is 0.379 e. The Labute approximate surface area is 168 Å². The number of benzene rings is 1. The predicted molar refractivity (Wildman–Crippen MR) is 113 cm³/mol. The summed E-state index contributed by atoms with van der Waals surface area (Å²) in [7, 11) is 1.84. The van der Waals surface area contributed by atoms with Crippen LogP contribution in [0.15, 0.2) is 24.3 Å². The van der Waals surface area contributed by atoms with Crippen LogP contribution in [0.1, 0.15) is 34.1 Å². The highest BCUT2D eigenvalue weighted by Crippen LogP contribution is 2.36. The number of thiophene rings is 1. The number of anilines is 2. The molecule has 1 aliphatic heterocycles. The number of primary amides is 1. The number of fused-ring (bicyclic) bond motifs is 1. The Morgan fingerprint density at radius 2 is 2.07 bits per heavy atom. The fraction of sp³-hybridized carbons (Fsp3) is 0.368. The molecule has 0 unspecified atom stereocenters. The minimum Gasteiger partial charge on any atom is -0.379 e. The second-order valence-corrected chi connectivity index (χ2v) is 7.61. The van der Waals surface area contributed by atoms with Crippen molar-refractivity contribution in [2.24, 2.45) is 5.73 Å². The second kappa shape index (κ2) is 10.3. The second-order valence-electron chi connectivity index (χ2n) is 6.06. The van der Waals surface area contributed by atoms with Gasteiger partial charge >= 0.3 is 0 Å². The molecule has 1 aliphatic rings. The van der Waals surface area contributed by atoms with Crippen molar-refractivity contribution in [2.45, 2.75) is 26.3 Å². The molecular formula is C19H25ClN4O2S. The van der Waals surface area contributed by atoms with Crippen LogP contribution in [0.5, 0.6) is 0 Å². The molecule has 3 rings (SSSR count). The van der Waals surface area contributed by atoms with E-state index in [-0.39, 0.29) is 5.91 Å². The molecule has 0 bridgehead atoms. The van der Waals surface area contributed by atoms with E-state index in [9.17, 15) is 9.59 Å². The van der Waals surface area contributed by atoms with Crippen molar-refractivity contribution in [1.29, 1.82) is 0 Å². The van der Waals surface area contributed by atoms with Crippen molar-refractivity contribution in [2.75, 3.05) is 30.8 Å². The van der Waals surface area contributed by atoms with Gasteiger partial charge in [-0.3, -0.25) is 14.5 Å². The zero-order valence-electron chi connectivity index (χ0n) is 15.5. The van der Waals surface area contributed by atoms with Crippen molar-refractivity contribution in [3.8, 4) is 0 Å². The van der Waals surface area contributed by atoms with Gasteiger partial charge in [-0.2, -0.15) is 0 Å². The minimum absolute atomic E-state index is 0.309. The molecule has 2 heterocycles. The first-order valence-electron chi connectivity index (χ1n) is 8.80. The topological polar surface area (TPSA) is 87.5 Å². The van der Waals surface area contributed by atoms with Crippen molar-refractivity contribution in [1.82, 2.24) is 4.90 Å². The average molecular weight is 409 g/mol. The summed E-state index contributed by atoms with van der Waals surface area (Å²) in [5.74, 6) is -0.309. The maximum atomic E-state index is 11.6. The molecule has 0 saturated carbocycles. The Morgan fingerprint density at radius 1 is 1.37 bits per heavy atom. The number of hydrogen-bond donors (Lipinski definition) is 3. The maximum absolute atomic E-state index is 11.6. The van der Waals surface area contributed by atoms with Gasteiger partial charge in [0.15, 0.2) is 0 Å². The van der Waals surface area contributed by atoms with E-state index < -0.39 is 0 Å². The van der Waals surface area contributed by atoms with Crippen LogP contribution in [0.2, 0.25) is 5.02 Å². The number of hydrogen-bond acceptors (Lipinski definition) is 5. The first-order valence-corrected chi connectivity index (χ1v) is 9.99. The van der Waals surface area contributed by atoms with Crippen molar-refractivity contribution in [3.63, 3.8) is 0 Å². The molecule has 0 spiro atoms.